The Hall–Kier alpha value is -2.49. The predicted octanol–water partition coefficient (Wildman–Crippen LogP) is 4.12. The zero-order valence-corrected chi connectivity index (χ0v) is 13.4. The smallest absolute Gasteiger partial charge is 0.410 e. The number of amides is 1. The van der Waals surface area contributed by atoms with Crippen LogP contribution in [-0.2, 0) is 24.3 Å². The van der Waals surface area contributed by atoms with Crippen LogP contribution >= 0.6 is 12.2 Å². The van der Waals surface area contributed by atoms with E-state index in [-0.39, 0.29) is 12.7 Å². The van der Waals surface area contributed by atoms with Gasteiger partial charge in [0, 0.05) is 13.1 Å². The summed E-state index contributed by atoms with van der Waals surface area (Å²) in [5.41, 5.74) is 4.04. The summed E-state index contributed by atoms with van der Waals surface area (Å²) in [5.74, 6) is 0. The Labute approximate surface area is 140 Å². The first-order valence-corrected chi connectivity index (χ1v) is 7.83. The Kier molecular flexibility index (Phi) is 4.81. The summed E-state index contributed by atoms with van der Waals surface area (Å²) in [6.45, 7) is 1.44. The summed E-state index contributed by atoms with van der Waals surface area (Å²) >= 11 is 4.68. The number of thiocarbonyl (C=S) groups is 1. The Morgan fingerprint density at radius 3 is 2.83 bits per heavy atom. The van der Waals surface area contributed by atoms with Crippen molar-refractivity contribution in [3.63, 3.8) is 0 Å². The predicted molar refractivity (Wildman–Crippen MR) is 91.9 cm³/mol. The molecule has 0 saturated heterocycles. The summed E-state index contributed by atoms with van der Waals surface area (Å²) < 4.78 is 5.39. The van der Waals surface area contributed by atoms with E-state index in [1.807, 2.05) is 48.5 Å². The fourth-order valence-corrected chi connectivity index (χ4v) is 2.81. The van der Waals surface area contributed by atoms with E-state index in [1.54, 1.807) is 4.90 Å². The van der Waals surface area contributed by atoms with Gasteiger partial charge in [0.05, 0.1) is 10.8 Å². The van der Waals surface area contributed by atoms with Gasteiger partial charge in [0.15, 0.2) is 0 Å². The minimum absolute atomic E-state index is 0.289. The minimum Gasteiger partial charge on any atom is -0.445 e. The molecule has 0 atom stereocenters. The number of aliphatic imine (C=N–C) groups is 1. The van der Waals surface area contributed by atoms with Gasteiger partial charge in [-0.25, -0.2) is 4.79 Å². The standard InChI is InChI=1S/C18H16N2O2S/c21-18(22-12-14-5-2-1-3-6-14)20-10-9-16-15(11-20)7-4-8-17(16)19-13-23/h1-8H,9-12H2. The maximum Gasteiger partial charge on any atom is 0.410 e. The zero-order valence-electron chi connectivity index (χ0n) is 12.6. The molecule has 0 aromatic heterocycles. The molecule has 0 N–H and O–H groups in total. The highest BCUT2D eigenvalue weighted by atomic mass is 32.1. The van der Waals surface area contributed by atoms with Gasteiger partial charge in [-0.3, -0.25) is 0 Å². The van der Waals surface area contributed by atoms with Gasteiger partial charge in [0.1, 0.15) is 6.61 Å². The molecule has 116 valence electrons. The van der Waals surface area contributed by atoms with Crippen LogP contribution in [0.4, 0.5) is 10.5 Å². The molecule has 0 spiro atoms. The van der Waals surface area contributed by atoms with Gasteiger partial charge >= 0.3 is 6.09 Å². The number of hydrogen-bond donors (Lipinski definition) is 0. The van der Waals surface area contributed by atoms with Crippen LogP contribution in [-0.4, -0.2) is 22.7 Å². The number of carbonyl (C=O) groups is 1. The number of fused-ring (bicyclic) bond motifs is 1. The van der Waals surface area contributed by atoms with Gasteiger partial charge in [-0.15, -0.1) is 0 Å². The van der Waals surface area contributed by atoms with E-state index in [0.29, 0.717) is 13.1 Å². The Bertz CT molecular complexity index is 755. The summed E-state index contributed by atoms with van der Waals surface area (Å²) in [4.78, 5) is 18.1. The van der Waals surface area contributed by atoms with E-state index in [9.17, 15) is 4.79 Å². The van der Waals surface area contributed by atoms with Gasteiger partial charge in [0.25, 0.3) is 0 Å². The van der Waals surface area contributed by atoms with Crippen molar-refractivity contribution in [1.29, 1.82) is 0 Å². The first-order chi connectivity index (χ1) is 11.3. The van der Waals surface area contributed by atoms with Crippen LogP contribution in [0.2, 0.25) is 0 Å². The first kappa shape index (κ1) is 15.4. The lowest BCUT2D eigenvalue weighted by molar-refractivity contribution is 0.0919. The van der Waals surface area contributed by atoms with Crippen molar-refractivity contribution in [3.8, 4) is 0 Å². The second-order valence-corrected chi connectivity index (χ2v) is 5.51. The van der Waals surface area contributed by atoms with Gasteiger partial charge in [-0.2, -0.15) is 4.99 Å². The molecule has 0 aliphatic carbocycles. The van der Waals surface area contributed by atoms with Gasteiger partial charge < -0.3 is 9.64 Å². The van der Waals surface area contributed by atoms with Crippen molar-refractivity contribution in [2.24, 2.45) is 4.99 Å². The number of rotatable bonds is 3. The molecule has 1 aliphatic rings. The highest BCUT2D eigenvalue weighted by Crippen LogP contribution is 2.28. The Morgan fingerprint density at radius 2 is 2.04 bits per heavy atom. The number of nitrogens with zero attached hydrogens (tertiary/aromatic N) is 2. The third kappa shape index (κ3) is 3.65. The van der Waals surface area contributed by atoms with E-state index in [1.165, 1.54) is 0 Å². The molecule has 2 aromatic rings. The zero-order chi connectivity index (χ0) is 16.1. The largest absolute Gasteiger partial charge is 0.445 e. The topological polar surface area (TPSA) is 41.9 Å². The quantitative estimate of drug-likeness (QED) is 0.630. The van der Waals surface area contributed by atoms with Crippen molar-refractivity contribution >= 4 is 29.2 Å². The third-order valence-corrected chi connectivity index (χ3v) is 3.96. The van der Waals surface area contributed by atoms with Crippen molar-refractivity contribution in [1.82, 2.24) is 4.90 Å². The van der Waals surface area contributed by atoms with Crippen LogP contribution < -0.4 is 0 Å². The maximum atomic E-state index is 12.2. The molecule has 4 nitrogen and oxygen atoms in total. The number of carbonyl (C=O) groups excluding carboxylic acids is 1. The highest BCUT2D eigenvalue weighted by Gasteiger charge is 2.23. The Balaban J connectivity index is 1.66. The normalized spacial score (nSPS) is 13.0. The second kappa shape index (κ2) is 7.18. The molecule has 1 aliphatic heterocycles. The van der Waals surface area contributed by atoms with Crippen LogP contribution in [0.1, 0.15) is 16.7 Å². The van der Waals surface area contributed by atoms with Crippen LogP contribution in [0.3, 0.4) is 0 Å². The van der Waals surface area contributed by atoms with Crippen molar-refractivity contribution in [3.05, 3.63) is 65.2 Å². The molecule has 1 heterocycles. The molecule has 3 rings (SSSR count). The summed E-state index contributed by atoms with van der Waals surface area (Å²) in [7, 11) is 0. The molecule has 0 fully saturated rings. The third-order valence-electron chi connectivity index (χ3n) is 3.87. The first-order valence-electron chi connectivity index (χ1n) is 7.42. The molecule has 0 radical (unpaired) electrons. The maximum absolute atomic E-state index is 12.2. The Morgan fingerprint density at radius 1 is 1.22 bits per heavy atom. The average Bonchev–Trinajstić information content (AvgIpc) is 2.60. The van der Waals surface area contributed by atoms with E-state index >= 15 is 0 Å². The average molecular weight is 324 g/mol. The molecule has 0 saturated carbocycles. The van der Waals surface area contributed by atoms with Crippen LogP contribution in [0, 0.1) is 0 Å². The van der Waals surface area contributed by atoms with Crippen molar-refractivity contribution in [2.45, 2.75) is 19.6 Å². The SMILES string of the molecule is O=C(OCc1ccccc1)N1CCc2c(cccc2N=C=S)C1. The molecule has 5 heteroatoms. The molecule has 0 unspecified atom stereocenters. The van der Waals surface area contributed by atoms with E-state index in [2.05, 4.69) is 22.4 Å². The highest BCUT2D eigenvalue weighted by molar-refractivity contribution is 7.78. The fourth-order valence-electron chi connectivity index (χ4n) is 2.71. The lowest BCUT2D eigenvalue weighted by Crippen LogP contribution is -2.36. The summed E-state index contributed by atoms with van der Waals surface area (Å²) in [6.07, 6.45) is 0.454. The summed E-state index contributed by atoms with van der Waals surface area (Å²) in [5, 5.41) is 2.41. The molecule has 23 heavy (non-hydrogen) atoms. The fraction of sp³-hybridized carbons (Fsp3) is 0.222. The molecule has 2 aromatic carbocycles. The minimum atomic E-state index is -0.289. The van der Waals surface area contributed by atoms with Gasteiger partial charge in [0.2, 0.25) is 0 Å². The van der Waals surface area contributed by atoms with Crippen molar-refractivity contribution < 1.29 is 9.53 Å². The lowest BCUT2D eigenvalue weighted by atomic mass is 9.98. The molecule has 0 bridgehead atoms. The van der Waals surface area contributed by atoms with E-state index in [0.717, 1.165) is 28.8 Å². The molecule has 1 amide bonds. The molecular weight excluding hydrogens is 308 g/mol. The monoisotopic (exact) mass is 324 g/mol. The number of ether oxygens (including phenoxy) is 1. The van der Waals surface area contributed by atoms with Crippen molar-refractivity contribution in [2.75, 3.05) is 6.54 Å². The number of isothiocyanates is 1. The van der Waals surface area contributed by atoms with E-state index < -0.39 is 0 Å². The second-order valence-electron chi connectivity index (χ2n) is 5.33. The summed E-state index contributed by atoms with van der Waals surface area (Å²) in [6, 6.07) is 15.5. The van der Waals surface area contributed by atoms with Crippen LogP contribution in [0.25, 0.3) is 0 Å². The van der Waals surface area contributed by atoms with E-state index in [4.69, 9.17) is 4.74 Å². The van der Waals surface area contributed by atoms with Gasteiger partial charge in [-0.1, -0.05) is 42.5 Å². The lowest BCUT2D eigenvalue weighted by Gasteiger charge is -2.28. The van der Waals surface area contributed by atoms with Gasteiger partial charge in [-0.05, 0) is 41.4 Å². The number of hydrogen-bond acceptors (Lipinski definition) is 4. The van der Waals surface area contributed by atoms with Crippen LogP contribution in [0.5, 0.6) is 0 Å². The van der Waals surface area contributed by atoms with Crippen LogP contribution in [0.15, 0.2) is 53.5 Å². The number of benzene rings is 2. The molecular formula is C18H16N2O2S.